The summed E-state index contributed by atoms with van der Waals surface area (Å²) in [5.41, 5.74) is 1.45. The molecule has 1 N–H and O–H groups in total. The monoisotopic (exact) mass is 378 g/mol. The molecule has 28 heavy (non-hydrogen) atoms. The van der Waals surface area contributed by atoms with Gasteiger partial charge in [0.05, 0.1) is 5.69 Å². The van der Waals surface area contributed by atoms with Crippen LogP contribution in [0.15, 0.2) is 65.1 Å². The van der Waals surface area contributed by atoms with Crippen molar-refractivity contribution in [3.63, 3.8) is 0 Å². The molecule has 0 radical (unpaired) electrons. The summed E-state index contributed by atoms with van der Waals surface area (Å²) in [6.07, 6.45) is 3.13. The standard InChI is InChI=1S/C23H26N2O3/c1-3-25(4-2)15-16-27-22-12-8-6-10-20(22)24-23(26)14-13-19-17-18-9-5-7-11-21(18)28-19/h5-14,17H,3-4,15-16H2,1-2H3,(H,24,26)/b14-13+. The number of ether oxygens (including phenoxy) is 1. The first kappa shape index (κ1) is 19.7. The quantitative estimate of drug-likeness (QED) is 0.543. The minimum absolute atomic E-state index is 0.236. The van der Waals surface area contributed by atoms with Gasteiger partial charge >= 0.3 is 0 Å². The van der Waals surface area contributed by atoms with Crippen molar-refractivity contribution in [1.82, 2.24) is 4.90 Å². The third kappa shape index (κ3) is 5.24. The maximum Gasteiger partial charge on any atom is 0.248 e. The molecule has 0 bridgehead atoms. The topological polar surface area (TPSA) is 54.7 Å². The number of amides is 1. The molecule has 0 fully saturated rings. The van der Waals surface area contributed by atoms with Crippen molar-refractivity contribution >= 4 is 28.6 Å². The SMILES string of the molecule is CCN(CC)CCOc1ccccc1NC(=O)/C=C/c1cc2ccccc2o1. The van der Waals surface area contributed by atoms with Crippen molar-refractivity contribution in [2.24, 2.45) is 0 Å². The van der Waals surface area contributed by atoms with E-state index in [0.717, 1.165) is 30.6 Å². The molecule has 1 aromatic heterocycles. The number of rotatable bonds is 9. The molecule has 1 amide bonds. The van der Waals surface area contributed by atoms with E-state index < -0.39 is 0 Å². The van der Waals surface area contributed by atoms with Gasteiger partial charge in [0.1, 0.15) is 23.7 Å². The number of likely N-dealkylation sites (N-methyl/N-ethyl adjacent to an activating group) is 1. The van der Waals surface area contributed by atoms with Crippen LogP contribution in [0.5, 0.6) is 5.75 Å². The summed E-state index contributed by atoms with van der Waals surface area (Å²) in [7, 11) is 0. The van der Waals surface area contributed by atoms with Gasteiger partial charge < -0.3 is 19.4 Å². The highest BCUT2D eigenvalue weighted by Crippen LogP contribution is 2.24. The lowest BCUT2D eigenvalue weighted by molar-refractivity contribution is -0.111. The van der Waals surface area contributed by atoms with E-state index in [2.05, 4.69) is 24.1 Å². The molecule has 0 saturated heterocycles. The van der Waals surface area contributed by atoms with Crippen molar-refractivity contribution in [1.29, 1.82) is 0 Å². The zero-order chi connectivity index (χ0) is 19.8. The van der Waals surface area contributed by atoms with Crippen molar-refractivity contribution < 1.29 is 13.9 Å². The number of para-hydroxylation sites is 3. The Morgan fingerprint density at radius 2 is 1.86 bits per heavy atom. The van der Waals surface area contributed by atoms with Crippen LogP contribution >= 0.6 is 0 Å². The number of nitrogens with zero attached hydrogens (tertiary/aromatic N) is 1. The van der Waals surface area contributed by atoms with Gasteiger partial charge in [0.2, 0.25) is 5.91 Å². The van der Waals surface area contributed by atoms with Gasteiger partial charge in [-0.15, -0.1) is 0 Å². The number of carbonyl (C=O) groups is 1. The summed E-state index contributed by atoms with van der Waals surface area (Å²) in [5, 5.41) is 3.88. The molecular formula is C23H26N2O3. The fourth-order valence-electron chi connectivity index (χ4n) is 2.94. The van der Waals surface area contributed by atoms with Crippen LogP contribution < -0.4 is 10.1 Å². The van der Waals surface area contributed by atoms with Crippen molar-refractivity contribution in [2.45, 2.75) is 13.8 Å². The molecule has 3 aromatic rings. The van der Waals surface area contributed by atoms with Gasteiger partial charge in [0, 0.05) is 18.0 Å². The fourth-order valence-corrected chi connectivity index (χ4v) is 2.94. The predicted molar refractivity (Wildman–Crippen MR) is 114 cm³/mol. The number of furan rings is 1. The summed E-state index contributed by atoms with van der Waals surface area (Å²) in [6, 6.07) is 17.1. The normalized spacial score (nSPS) is 11.4. The molecule has 5 nitrogen and oxygen atoms in total. The number of nitrogens with one attached hydrogen (secondary N) is 1. The third-order valence-electron chi connectivity index (χ3n) is 4.55. The van der Waals surface area contributed by atoms with E-state index in [1.54, 1.807) is 6.08 Å². The Kier molecular flexibility index (Phi) is 6.87. The van der Waals surface area contributed by atoms with Crippen LogP contribution in [-0.4, -0.2) is 37.0 Å². The molecule has 0 saturated carbocycles. The summed E-state index contributed by atoms with van der Waals surface area (Å²) < 4.78 is 11.6. The molecule has 2 aromatic carbocycles. The Balaban J connectivity index is 1.60. The highest BCUT2D eigenvalue weighted by atomic mass is 16.5. The van der Waals surface area contributed by atoms with Crippen LogP contribution in [0.1, 0.15) is 19.6 Å². The highest BCUT2D eigenvalue weighted by molar-refractivity contribution is 6.02. The Labute approximate surface area is 165 Å². The van der Waals surface area contributed by atoms with E-state index in [4.69, 9.17) is 9.15 Å². The summed E-state index contributed by atoms with van der Waals surface area (Å²) in [5.74, 6) is 1.07. The van der Waals surface area contributed by atoms with Crippen molar-refractivity contribution in [3.8, 4) is 5.75 Å². The summed E-state index contributed by atoms with van der Waals surface area (Å²) in [6.45, 7) is 7.66. The molecule has 0 aliphatic heterocycles. The van der Waals surface area contributed by atoms with E-state index in [9.17, 15) is 4.79 Å². The molecule has 0 aliphatic carbocycles. The second kappa shape index (κ2) is 9.76. The number of hydrogen-bond acceptors (Lipinski definition) is 4. The van der Waals surface area contributed by atoms with Crippen LogP contribution in [0.3, 0.4) is 0 Å². The Hall–Kier alpha value is -3.05. The van der Waals surface area contributed by atoms with E-state index >= 15 is 0 Å². The molecular weight excluding hydrogens is 352 g/mol. The fraction of sp³-hybridized carbons (Fsp3) is 0.261. The lowest BCUT2D eigenvalue weighted by Gasteiger charge is -2.19. The van der Waals surface area contributed by atoms with Gasteiger partial charge in [-0.05, 0) is 43.4 Å². The lowest BCUT2D eigenvalue weighted by atomic mass is 10.2. The van der Waals surface area contributed by atoms with Crippen LogP contribution in [0.4, 0.5) is 5.69 Å². The largest absolute Gasteiger partial charge is 0.490 e. The van der Waals surface area contributed by atoms with Crippen LogP contribution in [0.25, 0.3) is 17.0 Å². The first-order valence-corrected chi connectivity index (χ1v) is 9.61. The lowest BCUT2D eigenvalue weighted by Crippen LogP contribution is -2.28. The second-order valence-electron chi connectivity index (χ2n) is 6.38. The van der Waals surface area contributed by atoms with E-state index in [0.29, 0.717) is 23.8 Å². The minimum atomic E-state index is -0.236. The van der Waals surface area contributed by atoms with E-state index in [1.165, 1.54) is 6.08 Å². The Bertz CT molecular complexity index is 909. The average Bonchev–Trinajstić information content (AvgIpc) is 3.14. The molecule has 1 heterocycles. The van der Waals surface area contributed by atoms with Crippen LogP contribution in [0, 0.1) is 0 Å². The molecule has 3 rings (SSSR count). The number of benzene rings is 2. The van der Waals surface area contributed by atoms with Gasteiger partial charge in [-0.25, -0.2) is 0 Å². The van der Waals surface area contributed by atoms with Gasteiger partial charge in [0.25, 0.3) is 0 Å². The zero-order valence-electron chi connectivity index (χ0n) is 16.4. The Morgan fingerprint density at radius 1 is 1.11 bits per heavy atom. The number of hydrogen-bond donors (Lipinski definition) is 1. The van der Waals surface area contributed by atoms with Gasteiger partial charge in [-0.2, -0.15) is 0 Å². The summed E-state index contributed by atoms with van der Waals surface area (Å²) >= 11 is 0. The minimum Gasteiger partial charge on any atom is -0.490 e. The third-order valence-corrected chi connectivity index (χ3v) is 4.55. The first-order valence-electron chi connectivity index (χ1n) is 9.61. The first-order chi connectivity index (χ1) is 13.7. The van der Waals surface area contributed by atoms with Crippen LogP contribution in [-0.2, 0) is 4.79 Å². The summed E-state index contributed by atoms with van der Waals surface area (Å²) in [4.78, 5) is 14.6. The number of fused-ring (bicyclic) bond motifs is 1. The molecule has 0 aliphatic rings. The maximum absolute atomic E-state index is 12.3. The van der Waals surface area contributed by atoms with Crippen LogP contribution in [0.2, 0.25) is 0 Å². The predicted octanol–water partition coefficient (Wildman–Crippen LogP) is 4.81. The molecule has 0 atom stereocenters. The van der Waals surface area contributed by atoms with Crippen molar-refractivity contribution in [3.05, 3.63) is 66.4 Å². The van der Waals surface area contributed by atoms with E-state index in [1.807, 2.05) is 54.6 Å². The number of anilines is 1. The molecule has 0 unspecified atom stereocenters. The van der Waals surface area contributed by atoms with Gasteiger partial charge in [-0.1, -0.05) is 44.2 Å². The van der Waals surface area contributed by atoms with Gasteiger partial charge in [0.15, 0.2) is 0 Å². The van der Waals surface area contributed by atoms with E-state index in [-0.39, 0.29) is 5.91 Å². The maximum atomic E-state index is 12.3. The van der Waals surface area contributed by atoms with Gasteiger partial charge in [-0.3, -0.25) is 4.79 Å². The zero-order valence-corrected chi connectivity index (χ0v) is 16.4. The highest BCUT2D eigenvalue weighted by Gasteiger charge is 2.07. The molecule has 0 spiro atoms. The second-order valence-corrected chi connectivity index (χ2v) is 6.38. The Morgan fingerprint density at radius 3 is 2.64 bits per heavy atom. The number of carbonyl (C=O) groups excluding carboxylic acids is 1. The molecule has 146 valence electrons. The average molecular weight is 378 g/mol. The van der Waals surface area contributed by atoms with Crippen molar-refractivity contribution in [2.75, 3.05) is 31.6 Å². The molecule has 5 heteroatoms. The smallest absolute Gasteiger partial charge is 0.248 e.